The van der Waals surface area contributed by atoms with Crippen LogP contribution in [0.3, 0.4) is 0 Å². The molecule has 2 N–H and O–H groups in total. The van der Waals surface area contributed by atoms with Gasteiger partial charge in [-0.2, -0.15) is 0 Å². The van der Waals surface area contributed by atoms with Gasteiger partial charge >= 0.3 is 0 Å². The van der Waals surface area contributed by atoms with Crippen LogP contribution in [0.15, 0.2) is 35.7 Å². The minimum Gasteiger partial charge on any atom is -0.391 e. The average molecular weight is 193 g/mol. The van der Waals surface area contributed by atoms with Gasteiger partial charge in [0.25, 0.3) is 0 Å². The molecule has 0 unspecified atom stereocenters. The van der Waals surface area contributed by atoms with Gasteiger partial charge in [-0.25, -0.2) is 4.39 Å². The van der Waals surface area contributed by atoms with Crippen molar-refractivity contribution in [3.63, 3.8) is 0 Å². The van der Waals surface area contributed by atoms with Gasteiger partial charge in [0.05, 0.1) is 5.00 Å². The highest BCUT2D eigenvalue weighted by Gasteiger charge is 2.04. The van der Waals surface area contributed by atoms with Crippen LogP contribution in [0.1, 0.15) is 0 Å². The Labute approximate surface area is 79.6 Å². The summed E-state index contributed by atoms with van der Waals surface area (Å²) in [5, 5.41) is 2.56. The van der Waals surface area contributed by atoms with Gasteiger partial charge in [0.15, 0.2) is 0 Å². The first-order valence-electron chi connectivity index (χ1n) is 3.86. The number of anilines is 1. The van der Waals surface area contributed by atoms with Gasteiger partial charge < -0.3 is 5.73 Å². The summed E-state index contributed by atoms with van der Waals surface area (Å²) in [4.78, 5) is 0. The Morgan fingerprint density at radius 3 is 2.62 bits per heavy atom. The lowest BCUT2D eigenvalue weighted by molar-refractivity contribution is 0.631. The van der Waals surface area contributed by atoms with Crippen LogP contribution in [0.5, 0.6) is 0 Å². The molecule has 13 heavy (non-hydrogen) atoms. The molecule has 0 saturated heterocycles. The van der Waals surface area contributed by atoms with E-state index >= 15 is 0 Å². The monoisotopic (exact) mass is 193 g/mol. The van der Waals surface area contributed by atoms with E-state index in [4.69, 9.17) is 5.73 Å². The predicted octanol–water partition coefficient (Wildman–Crippen LogP) is 3.14. The summed E-state index contributed by atoms with van der Waals surface area (Å²) >= 11 is 1.42. The van der Waals surface area contributed by atoms with E-state index in [2.05, 4.69) is 0 Å². The number of hydrogen-bond acceptors (Lipinski definition) is 2. The third-order valence-corrected chi connectivity index (χ3v) is 2.57. The molecule has 0 aliphatic rings. The average Bonchev–Trinajstić information content (AvgIpc) is 2.53. The lowest BCUT2D eigenvalue weighted by Crippen LogP contribution is -1.80. The number of halogens is 1. The SMILES string of the molecule is Nc1cc(-c2ccccc2F)cs1. The minimum absolute atomic E-state index is 0.208. The minimum atomic E-state index is -0.208. The summed E-state index contributed by atoms with van der Waals surface area (Å²) in [6, 6.07) is 8.46. The Balaban J connectivity index is 2.52. The summed E-state index contributed by atoms with van der Waals surface area (Å²) in [6.07, 6.45) is 0. The molecule has 0 atom stereocenters. The fourth-order valence-corrected chi connectivity index (χ4v) is 1.84. The quantitative estimate of drug-likeness (QED) is 0.739. The van der Waals surface area contributed by atoms with Crippen molar-refractivity contribution in [2.45, 2.75) is 0 Å². The third kappa shape index (κ3) is 1.55. The van der Waals surface area contributed by atoms with Crippen LogP contribution in [-0.4, -0.2) is 0 Å². The second-order valence-corrected chi connectivity index (χ2v) is 3.66. The maximum absolute atomic E-state index is 13.2. The predicted molar refractivity (Wildman–Crippen MR) is 54.1 cm³/mol. The summed E-state index contributed by atoms with van der Waals surface area (Å²) < 4.78 is 13.2. The first-order chi connectivity index (χ1) is 6.27. The van der Waals surface area contributed by atoms with Gasteiger partial charge in [-0.15, -0.1) is 11.3 Å². The third-order valence-electron chi connectivity index (χ3n) is 1.80. The van der Waals surface area contributed by atoms with Crippen LogP contribution in [0.2, 0.25) is 0 Å². The second kappa shape index (κ2) is 3.18. The van der Waals surface area contributed by atoms with E-state index in [1.54, 1.807) is 18.2 Å². The lowest BCUT2D eigenvalue weighted by atomic mass is 10.1. The molecule has 3 heteroatoms. The molecule has 0 fully saturated rings. The molecule has 0 saturated carbocycles. The van der Waals surface area contributed by atoms with Crippen LogP contribution >= 0.6 is 11.3 Å². The molecule has 1 aromatic heterocycles. The fourth-order valence-electron chi connectivity index (χ4n) is 1.19. The zero-order chi connectivity index (χ0) is 9.26. The van der Waals surface area contributed by atoms with Crippen molar-refractivity contribution >= 4 is 16.3 Å². The zero-order valence-corrected chi connectivity index (χ0v) is 7.64. The molecule has 0 aliphatic carbocycles. The molecule has 1 nitrogen and oxygen atoms in total. The van der Waals surface area contributed by atoms with E-state index in [9.17, 15) is 4.39 Å². The number of hydrogen-bond donors (Lipinski definition) is 1. The molecular formula is C10H8FNS. The van der Waals surface area contributed by atoms with Crippen LogP contribution in [0.4, 0.5) is 9.39 Å². The van der Waals surface area contributed by atoms with E-state index in [0.717, 1.165) is 5.56 Å². The number of thiophene rings is 1. The van der Waals surface area contributed by atoms with Gasteiger partial charge in [0.1, 0.15) is 5.82 Å². The van der Waals surface area contributed by atoms with Crippen molar-refractivity contribution in [1.29, 1.82) is 0 Å². The van der Waals surface area contributed by atoms with Crippen molar-refractivity contribution in [3.05, 3.63) is 41.5 Å². The van der Waals surface area contributed by atoms with Gasteiger partial charge in [0, 0.05) is 10.9 Å². The Bertz CT molecular complexity index is 422. The van der Waals surface area contributed by atoms with Crippen LogP contribution in [0.25, 0.3) is 11.1 Å². The Morgan fingerprint density at radius 2 is 2.00 bits per heavy atom. The van der Waals surface area contributed by atoms with E-state index in [-0.39, 0.29) is 5.82 Å². The van der Waals surface area contributed by atoms with Crippen molar-refractivity contribution in [3.8, 4) is 11.1 Å². The molecule has 66 valence electrons. The van der Waals surface area contributed by atoms with Gasteiger partial charge in [-0.1, -0.05) is 18.2 Å². The van der Waals surface area contributed by atoms with Crippen molar-refractivity contribution in [2.24, 2.45) is 0 Å². The van der Waals surface area contributed by atoms with Crippen LogP contribution < -0.4 is 5.73 Å². The smallest absolute Gasteiger partial charge is 0.131 e. The first kappa shape index (κ1) is 8.26. The fraction of sp³-hybridized carbons (Fsp3) is 0. The molecule has 2 aromatic rings. The molecule has 2 rings (SSSR count). The van der Waals surface area contributed by atoms with Gasteiger partial charge in [0.2, 0.25) is 0 Å². The Kier molecular flexibility index (Phi) is 2.02. The molecule has 1 aromatic carbocycles. The zero-order valence-electron chi connectivity index (χ0n) is 6.83. The summed E-state index contributed by atoms with van der Waals surface area (Å²) in [5.74, 6) is -0.208. The standard InChI is InChI=1S/C10H8FNS/c11-9-4-2-1-3-8(9)7-5-10(12)13-6-7/h1-6H,12H2. The highest BCUT2D eigenvalue weighted by atomic mass is 32.1. The maximum atomic E-state index is 13.2. The van der Waals surface area contributed by atoms with Crippen LogP contribution in [0, 0.1) is 5.82 Å². The van der Waals surface area contributed by atoms with Crippen molar-refractivity contribution in [1.82, 2.24) is 0 Å². The summed E-state index contributed by atoms with van der Waals surface area (Å²) in [6.45, 7) is 0. The first-order valence-corrected chi connectivity index (χ1v) is 4.74. The number of rotatable bonds is 1. The topological polar surface area (TPSA) is 26.0 Å². The second-order valence-electron chi connectivity index (χ2n) is 2.72. The molecule has 0 radical (unpaired) electrons. The lowest BCUT2D eigenvalue weighted by Gasteiger charge is -1.97. The molecule has 0 aliphatic heterocycles. The Hall–Kier alpha value is -1.35. The molecule has 0 spiro atoms. The molecule has 1 heterocycles. The molecular weight excluding hydrogens is 185 g/mol. The summed E-state index contributed by atoms with van der Waals surface area (Å²) in [7, 11) is 0. The number of nitrogen functional groups attached to an aromatic ring is 1. The summed E-state index contributed by atoms with van der Waals surface area (Å²) in [5.41, 5.74) is 7.02. The highest BCUT2D eigenvalue weighted by Crippen LogP contribution is 2.28. The molecule has 0 amide bonds. The van der Waals surface area contributed by atoms with Gasteiger partial charge in [-0.3, -0.25) is 0 Å². The number of benzene rings is 1. The highest BCUT2D eigenvalue weighted by molar-refractivity contribution is 7.14. The van der Waals surface area contributed by atoms with Crippen LogP contribution in [-0.2, 0) is 0 Å². The number of nitrogens with two attached hydrogens (primary N) is 1. The van der Waals surface area contributed by atoms with E-state index in [1.807, 2.05) is 11.4 Å². The van der Waals surface area contributed by atoms with Crippen molar-refractivity contribution in [2.75, 3.05) is 5.73 Å². The van der Waals surface area contributed by atoms with E-state index < -0.39 is 0 Å². The maximum Gasteiger partial charge on any atom is 0.131 e. The van der Waals surface area contributed by atoms with Gasteiger partial charge in [-0.05, 0) is 17.7 Å². The Morgan fingerprint density at radius 1 is 1.23 bits per heavy atom. The van der Waals surface area contributed by atoms with E-state index in [1.165, 1.54) is 17.4 Å². The largest absolute Gasteiger partial charge is 0.391 e. The normalized spacial score (nSPS) is 10.2. The van der Waals surface area contributed by atoms with Crippen molar-refractivity contribution < 1.29 is 4.39 Å². The van der Waals surface area contributed by atoms with E-state index in [0.29, 0.717) is 10.6 Å². The molecule has 0 bridgehead atoms.